The van der Waals surface area contributed by atoms with Crippen LogP contribution in [0.25, 0.3) is 6.08 Å². The minimum atomic E-state index is -1.03. The maximum Gasteiger partial charge on any atom is 0.328 e. The molecule has 0 aliphatic carbocycles. The van der Waals surface area contributed by atoms with E-state index in [0.717, 1.165) is 11.8 Å². The second kappa shape index (κ2) is 6.21. The number of aryl methyl sites for hydroxylation is 1. The summed E-state index contributed by atoms with van der Waals surface area (Å²) in [4.78, 5) is 14.7. The molecule has 4 nitrogen and oxygen atoms in total. The molecule has 0 atom stereocenters. The van der Waals surface area contributed by atoms with Crippen molar-refractivity contribution in [3.8, 4) is 11.5 Å². The molecule has 20 heavy (non-hydrogen) atoms. The minimum absolute atomic E-state index is 0.504. The molecule has 0 aliphatic rings. The van der Waals surface area contributed by atoms with Crippen LogP contribution in [0.2, 0.25) is 5.02 Å². The molecule has 0 spiro atoms. The van der Waals surface area contributed by atoms with Gasteiger partial charge in [0.25, 0.3) is 0 Å². The second-order valence-corrected chi connectivity index (χ2v) is 4.53. The highest BCUT2D eigenvalue weighted by Crippen LogP contribution is 2.28. The van der Waals surface area contributed by atoms with Crippen molar-refractivity contribution in [1.29, 1.82) is 0 Å². The molecule has 0 radical (unpaired) electrons. The third-order valence-electron chi connectivity index (χ3n) is 2.49. The minimum Gasteiger partial charge on any atom is -0.478 e. The van der Waals surface area contributed by atoms with E-state index >= 15 is 0 Å². The van der Waals surface area contributed by atoms with Crippen molar-refractivity contribution in [2.24, 2.45) is 0 Å². The number of pyridine rings is 1. The average Bonchev–Trinajstić information content (AvgIpc) is 2.41. The Kier molecular flexibility index (Phi) is 4.38. The van der Waals surface area contributed by atoms with Gasteiger partial charge >= 0.3 is 5.97 Å². The van der Waals surface area contributed by atoms with Crippen LogP contribution in [0.1, 0.15) is 11.3 Å². The van der Waals surface area contributed by atoms with E-state index in [0.29, 0.717) is 22.1 Å². The van der Waals surface area contributed by atoms with Crippen LogP contribution >= 0.6 is 11.6 Å². The van der Waals surface area contributed by atoms with Crippen molar-refractivity contribution in [3.05, 3.63) is 58.9 Å². The van der Waals surface area contributed by atoms with Crippen LogP contribution in [-0.2, 0) is 4.79 Å². The summed E-state index contributed by atoms with van der Waals surface area (Å²) in [6.07, 6.45) is 4.08. The monoisotopic (exact) mass is 289 g/mol. The number of nitrogens with zero attached hydrogens (tertiary/aromatic N) is 1. The molecule has 0 bridgehead atoms. The molecule has 0 aliphatic heterocycles. The highest BCUT2D eigenvalue weighted by Gasteiger charge is 2.05. The summed E-state index contributed by atoms with van der Waals surface area (Å²) in [5.41, 5.74) is 1.47. The van der Waals surface area contributed by atoms with E-state index in [4.69, 9.17) is 21.4 Å². The third-order valence-corrected chi connectivity index (χ3v) is 2.72. The van der Waals surface area contributed by atoms with Gasteiger partial charge in [0.15, 0.2) is 0 Å². The Balaban J connectivity index is 2.30. The van der Waals surface area contributed by atoms with E-state index in [1.807, 2.05) is 13.0 Å². The zero-order valence-corrected chi connectivity index (χ0v) is 11.5. The molecule has 0 fully saturated rings. The molecule has 1 aromatic carbocycles. The van der Waals surface area contributed by atoms with Crippen LogP contribution in [-0.4, -0.2) is 16.1 Å². The van der Waals surface area contributed by atoms with Crippen LogP contribution in [0.5, 0.6) is 11.5 Å². The van der Waals surface area contributed by atoms with E-state index in [1.54, 1.807) is 30.5 Å². The number of hydrogen-bond donors (Lipinski definition) is 1. The quantitative estimate of drug-likeness (QED) is 0.866. The van der Waals surface area contributed by atoms with Crippen LogP contribution in [0.15, 0.2) is 42.6 Å². The van der Waals surface area contributed by atoms with Crippen molar-refractivity contribution in [2.45, 2.75) is 6.92 Å². The topological polar surface area (TPSA) is 59.4 Å². The Labute approximate surface area is 121 Å². The van der Waals surface area contributed by atoms with Crippen LogP contribution in [0, 0.1) is 6.92 Å². The summed E-state index contributed by atoms with van der Waals surface area (Å²) < 4.78 is 5.69. The predicted octanol–water partition coefficient (Wildman–Crippen LogP) is 3.93. The summed E-state index contributed by atoms with van der Waals surface area (Å²) in [7, 11) is 0. The van der Waals surface area contributed by atoms with Gasteiger partial charge in [0.2, 0.25) is 0 Å². The van der Waals surface area contributed by atoms with E-state index in [9.17, 15) is 4.79 Å². The van der Waals surface area contributed by atoms with Gasteiger partial charge in [0, 0.05) is 22.4 Å². The Bertz CT molecular complexity index is 651. The lowest BCUT2D eigenvalue weighted by atomic mass is 10.2. The molecular weight excluding hydrogens is 278 g/mol. The number of halogens is 1. The standard InChI is InChI=1S/C15H12ClNO3/c1-10-2-5-13(9-17-10)20-14-6-4-12(16)8-11(14)3-7-15(18)19/h2-9H,1H3,(H,18,19)/b7-3+. The molecule has 0 amide bonds. The maximum atomic E-state index is 10.6. The number of ether oxygens (including phenoxy) is 1. The van der Waals surface area contributed by atoms with Crippen molar-refractivity contribution in [3.63, 3.8) is 0 Å². The fraction of sp³-hybridized carbons (Fsp3) is 0.0667. The number of carboxylic acid groups (broad SMARTS) is 1. The van der Waals surface area contributed by atoms with E-state index in [1.165, 1.54) is 6.08 Å². The molecular formula is C15H12ClNO3. The van der Waals surface area contributed by atoms with Crippen molar-refractivity contribution >= 4 is 23.6 Å². The molecule has 0 saturated heterocycles. The Morgan fingerprint density at radius 2 is 2.15 bits per heavy atom. The predicted molar refractivity (Wildman–Crippen MR) is 77.2 cm³/mol. The lowest BCUT2D eigenvalue weighted by Crippen LogP contribution is -1.91. The van der Waals surface area contributed by atoms with Crippen LogP contribution < -0.4 is 4.74 Å². The summed E-state index contributed by atoms with van der Waals surface area (Å²) in [5.74, 6) is 0.0494. The first-order valence-electron chi connectivity index (χ1n) is 5.85. The number of rotatable bonds is 4. The highest BCUT2D eigenvalue weighted by molar-refractivity contribution is 6.30. The summed E-state index contributed by atoms with van der Waals surface area (Å²) in [6, 6.07) is 8.62. The zero-order chi connectivity index (χ0) is 14.5. The third kappa shape index (κ3) is 3.83. The van der Waals surface area contributed by atoms with Gasteiger partial charge in [-0.2, -0.15) is 0 Å². The first-order chi connectivity index (χ1) is 9.54. The van der Waals surface area contributed by atoms with Gasteiger partial charge in [-0.1, -0.05) is 11.6 Å². The van der Waals surface area contributed by atoms with Gasteiger partial charge in [-0.15, -0.1) is 0 Å². The molecule has 102 valence electrons. The van der Waals surface area contributed by atoms with Crippen LogP contribution in [0.4, 0.5) is 0 Å². The first kappa shape index (κ1) is 14.1. The highest BCUT2D eigenvalue weighted by atomic mass is 35.5. The van der Waals surface area contributed by atoms with Crippen LogP contribution in [0.3, 0.4) is 0 Å². The molecule has 0 saturated carbocycles. The smallest absolute Gasteiger partial charge is 0.328 e. The SMILES string of the molecule is Cc1ccc(Oc2ccc(Cl)cc2/C=C/C(=O)O)cn1. The molecule has 0 unspecified atom stereocenters. The van der Waals surface area contributed by atoms with Gasteiger partial charge in [0.05, 0.1) is 6.20 Å². The molecule has 1 heterocycles. The van der Waals surface area contributed by atoms with Gasteiger partial charge < -0.3 is 9.84 Å². The number of carbonyl (C=O) groups is 1. The fourth-order valence-electron chi connectivity index (χ4n) is 1.55. The molecule has 1 aromatic heterocycles. The second-order valence-electron chi connectivity index (χ2n) is 4.09. The van der Waals surface area contributed by atoms with Gasteiger partial charge in [0.1, 0.15) is 11.5 Å². The summed E-state index contributed by atoms with van der Waals surface area (Å²) in [5, 5.41) is 9.19. The fourth-order valence-corrected chi connectivity index (χ4v) is 1.73. The number of hydrogen-bond acceptors (Lipinski definition) is 3. The van der Waals surface area contributed by atoms with Gasteiger partial charge in [-0.05, 0) is 43.3 Å². The number of aromatic nitrogens is 1. The average molecular weight is 290 g/mol. The molecule has 2 aromatic rings. The number of benzene rings is 1. The molecule has 2 rings (SSSR count). The Morgan fingerprint density at radius 1 is 1.35 bits per heavy atom. The summed E-state index contributed by atoms with van der Waals surface area (Å²) in [6.45, 7) is 1.88. The molecule has 5 heteroatoms. The first-order valence-corrected chi connectivity index (χ1v) is 6.23. The Morgan fingerprint density at radius 3 is 2.80 bits per heavy atom. The van der Waals surface area contributed by atoms with Crippen molar-refractivity contribution < 1.29 is 14.6 Å². The van der Waals surface area contributed by atoms with Crippen molar-refractivity contribution in [2.75, 3.05) is 0 Å². The number of aliphatic carboxylic acids is 1. The number of carboxylic acids is 1. The molecule has 1 N–H and O–H groups in total. The van der Waals surface area contributed by atoms with E-state index in [-0.39, 0.29) is 0 Å². The lowest BCUT2D eigenvalue weighted by Gasteiger charge is -2.09. The van der Waals surface area contributed by atoms with Crippen molar-refractivity contribution in [1.82, 2.24) is 4.98 Å². The Hall–Kier alpha value is -2.33. The van der Waals surface area contributed by atoms with Gasteiger partial charge in [-0.3, -0.25) is 4.98 Å². The van der Waals surface area contributed by atoms with E-state index < -0.39 is 5.97 Å². The maximum absolute atomic E-state index is 10.6. The zero-order valence-electron chi connectivity index (χ0n) is 10.7. The van der Waals surface area contributed by atoms with Gasteiger partial charge in [-0.25, -0.2) is 4.79 Å². The normalized spacial score (nSPS) is 10.7. The van der Waals surface area contributed by atoms with E-state index in [2.05, 4.69) is 4.98 Å². The lowest BCUT2D eigenvalue weighted by molar-refractivity contribution is -0.131. The largest absolute Gasteiger partial charge is 0.478 e. The summed E-state index contributed by atoms with van der Waals surface area (Å²) >= 11 is 5.91.